The molecule has 0 saturated carbocycles. The summed E-state index contributed by atoms with van der Waals surface area (Å²) in [7, 11) is 0. The molecule has 1 rings (SSSR count). The van der Waals surface area contributed by atoms with Crippen LogP contribution in [-0.4, -0.2) is 0 Å². The Hall–Kier alpha value is 1.70. The Kier molecular flexibility index (Phi) is 10.5. The minimum atomic E-state index is 0. The van der Waals surface area contributed by atoms with Gasteiger partial charge in [-0.05, 0) is 0 Å². The van der Waals surface area contributed by atoms with Crippen molar-refractivity contribution in [3.63, 3.8) is 0 Å². The molecule has 0 bridgehead atoms. The number of halogens is 2. The smallest absolute Gasteiger partial charge is 1.00 e. The molecule has 0 spiro atoms. The summed E-state index contributed by atoms with van der Waals surface area (Å²) in [5.74, 6) is 0. The van der Waals surface area contributed by atoms with Crippen LogP contribution >= 0.6 is 0 Å². The van der Waals surface area contributed by atoms with Crippen LogP contribution in [0.4, 0.5) is 0 Å². The van der Waals surface area contributed by atoms with E-state index in [1.165, 1.54) is 58.9 Å². The Balaban J connectivity index is 0. The molecule has 45 valence electrons. The van der Waals surface area contributed by atoms with Crippen molar-refractivity contribution in [2.75, 3.05) is 0 Å². The van der Waals surface area contributed by atoms with Crippen LogP contribution in [0.5, 0.6) is 0 Å². The van der Waals surface area contributed by atoms with Crippen LogP contribution in [0.1, 0.15) is 19.3 Å². The monoisotopic (exact) mass is 277 g/mol. The van der Waals surface area contributed by atoms with Gasteiger partial charge in [0.15, 0.2) is 0 Å². The number of allylic oxidation sites excluding steroid dienone is 2. The third kappa shape index (κ3) is 4.56. The summed E-state index contributed by atoms with van der Waals surface area (Å²) in [5, 5.41) is 0. The average molecular weight is 278 g/mol. The van der Waals surface area contributed by atoms with Gasteiger partial charge in [-0.25, -0.2) is 0 Å². The summed E-state index contributed by atoms with van der Waals surface area (Å²) < 4.78 is 1.72. The quantitative estimate of drug-likeness (QED) is 0.420. The van der Waals surface area contributed by atoms with Crippen molar-refractivity contribution in [1.29, 1.82) is 0 Å². The molecule has 0 aromatic carbocycles. The van der Waals surface area contributed by atoms with Gasteiger partial charge in [0.1, 0.15) is 0 Å². The molecule has 8 heavy (non-hydrogen) atoms. The third-order valence-corrected chi connectivity index (χ3v) is 2.47. The van der Waals surface area contributed by atoms with E-state index in [1.54, 1.807) is 1.09 Å². The molecule has 3 heteroatoms. The molecular weight excluding hydrogens is 271 g/mol. The van der Waals surface area contributed by atoms with Crippen LogP contribution in [-0.2, 0) is 0 Å². The standard InChI is InChI=1S/C5H7.Ce.2ClH/c1-2-4-5-3-1;;;/h1H,2,4-5H2;;2*1H/q;+2;;/p-2. The topological polar surface area (TPSA) is 0 Å². The van der Waals surface area contributed by atoms with Gasteiger partial charge < -0.3 is 24.8 Å². The van der Waals surface area contributed by atoms with Gasteiger partial charge in [-0.3, -0.25) is 0 Å². The molecule has 0 saturated heterocycles. The molecule has 0 aliphatic heterocycles. The van der Waals surface area contributed by atoms with Gasteiger partial charge in [-0.2, -0.15) is 0 Å². The molecule has 0 heterocycles. The first-order valence-corrected chi connectivity index (χ1v) is 3.87. The largest absolute Gasteiger partial charge is 1.00 e. The normalized spacial score (nSPS) is 16.0. The summed E-state index contributed by atoms with van der Waals surface area (Å²) in [4.78, 5) is 0. The van der Waals surface area contributed by atoms with Gasteiger partial charge in [0.2, 0.25) is 0 Å². The first-order valence-electron chi connectivity index (χ1n) is 2.30. The van der Waals surface area contributed by atoms with E-state index < -0.39 is 0 Å². The predicted octanol–water partition coefficient (Wildman–Crippen LogP) is -4.39. The fraction of sp³-hybridized carbons (Fsp3) is 0.600. The zero-order chi connectivity index (χ0) is 4.41. The van der Waals surface area contributed by atoms with E-state index >= 15 is 0 Å². The van der Waals surface area contributed by atoms with Crippen molar-refractivity contribution in [2.45, 2.75) is 19.3 Å². The SMILES string of the molecule is [Ce+2][C]1=CCCC1.[Cl-].[Cl-]. The molecule has 0 aromatic rings. The molecule has 0 atom stereocenters. The predicted molar refractivity (Wildman–Crippen MR) is 21.9 cm³/mol. The number of hydrogen-bond acceptors (Lipinski definition) is 0. The van der Waals surface area contributed by atoms with Crippen LogP contribution in [0.2, 0.25) is 0 Å². The van der Waals surface area contributed by atoms with Crippen molar-refractivity contribution in [3.8, 4) is 0 Å². The molecule has 1 aliphatic rings. The third-order valence-electron chi connectivity index (χ3n) is 1.04. The van der Waals surface area contributed by atoms with E-state index in [1.807, 2.05) is 0 Å². The molecule has 0 N–H and O–H groups in total. The number of rotatable bonds is 0. The first-order chi connectivity index (χ1) is 2.89. The maximum absolute atomic E-state index is 2.38. The van der Waals surface area contributed by atoms with Crippen molar-refractivity contribution in [1.82, 2.24) is 0 Å². The molecule has 0 aromatic heterocycles. The molecular formula is C5H7CeCl2. The van der Waals surface area contributed by atoms with E-state index in [0.717, 1.165) is 0 Å². The molecule has 0 amide bonds. The second kappa shape index (κ2) is 6.81. The van der Waals surface area contributed by atoms with Crippen LogP contribution in [0.15, 0.2) is 7.17 Å². The molecule has 0 nitrogen and oxygen atoms in total. The summed E-state index contributed by atoms with van der Waals surface area (Å²) in [6.07, 6.45) is 6.58. The van der Waals surface area contributed by atoms with Crippen molar-refractivity contribution < 1.29 is 64.5 Å². The Bertz CT molecular complexity index is 80.5. The molecule has 0 unspecified atom stereocenters. The van der Waals surface area contributed by atoms with Crippen LogP contribution in [0.3, 0.4) is 0 Å². The minimum Gasteiger partial charge on any atom is -1.00 e. The van der Waals surface area contributed by atoms with Crippen LogP contribution in [0, 0.1) is 39.6 Å². The second-order valence-electron chi connectivity index (χ2n) is 1.62. The zero-order valence-corrected chi connectivity index (χ0v) is 9.11. The van der Waals surface area contributed by atoms with Gasteiger partial charge in [0.25, 0.3) is 0 Å². The maximum Gasteiger partial charge on any atom is -1.00 e. The van der Waals surface area contributed by atoms with E-state index in [4.69, 9.17) is 0 Å². The van der Waals surface area contributed by atoms with Crippen LogP contribution < -0.4 is 24.8 Å². The zero-order valence-electron chi connectivity index (χ0n) is 4.45. The Morgan fingerprint density at radius 2 is 2.00 bits per heavy atom. The van der Waals surface area contributed by atoms with Crippen molar-refractivity contribution in [2.24, 2.45) is 0 Å². The van der Waals surface area contributed by atoms with Gasteiger partial charge in [-0.1, -0.05) is 0 Å². The fourth-order valence-corrected chi connectivity index (χ4v) is 1.68. The summed E-state index contributed by atoms with van der Waals surface area (Å²) in [6, 6.07) is 0. The fourth-order valence-electron chi connectivity index (χ4n) is 0.671. The van der Waals surface area contributed by atoms with Crippen molar-refractivity contribution >= 4 is 0 Å². The van der Waals surface area contributed by atoms with Gasteiger partial charge >= 0.3 is 66.1 Å². The van der Waals surface area contributed by atoms with Gasteiger partial charge in [-0.15, -0.1) is 0 Å². The van der Waals surface area contributed by atoms with Crippen LogP contribution in [0.25, 0.3) is 0 Å². The van der Waals surface area contributed by atoms with E-state index in [-0.39, 0.29) is 24.8 Å². The molecule has 0 fully saturated rings. The van der Waals surface area contributed by atoms with E-state index in [2.05, 4.69) is 6.08 Å². The Morgan fingerprint density at radius 3 is 2.12 bits per heavy atom. The Morgan fingerprint density at radius 1 is 1.38 bits per heavy atom. The van der Waals surface area contributed by atoms with Gasteiger partial charge in [0, 0.05) is 0 Å². The Labute approximate surface area is 89.6 Å². The van der Waals surface area contributed by atoms with Gasteiger partial charge in [0.05, 0.1) is 0 Å². The molecule has 1 aliphatic carbocycles. The molecule has 0 radical (unpaired) electrons. The maximum atomic E-state index is 2.38. The minimum absolute atomic E-state index is 0. The van der Waals surface area contributed by atoms with E-state index in [9.17, 15) is 0 Å². The van der Waals surface area contributed by atoms with E-state index in [0.29, 0.717) is 0 Å². The first kappa shape index (κ1) is 12.4. The summed E-state index contributed by atoms with van der Waals surface area (Å²) in [6.45, 7) is 0. The summed E-state index contributed by atoms with van der Waals surface area (Å²) >= 11 is 1.31. The number of hydrogen-bond donors (Lipinski definition) is 0. The average Bonchev–Trinajstić information content (AvgIpc) is 1.86. The summed E-state index contributed by atoms with van der Waals surface area (Å²) in [5.41, 5.74) is 0. The van der Waals surface area contributed by atoms with Crippen molar-refractivity contribution in [3.05, 3.63) is 7.17 Å². The second-order valence-corrected chi connectivity index (χ2v) is 3.64.